The number of anilines is 1. The van der Waals surface area contributed by atoms with Gasteiger partial charge in [-0.3, -0.25) is 19.8 Å². The van der Waals surface area contributed by atoms with E-state index in [-0.39, 0.29) is 23.4 Å². The number of piperidine rings is 1. The Morgan fingerprint density at radius 3 is 2.45 bits per heavy atom. The molecule has 160 valence electrons. The molecule has 4 amide bonds. The predicted molar refractivity (Wildman–Crippen MR) is 119 cm³/mol. The number of imide groups is 1. The van der Waals surface area contributed by atoms with Crippen LogP contribution >= 0.6 is 11.6 Å². The summed E-state index contributed by atoms with van der Waals surface area (Å²) in [5, 5.41) is 2.93. The second-order valence-electron chi connectivity index (χ2n) is 8.77. The van der Waals surface area contributed by atoms with Gasteiger partial charge in [-0.15, -0.1) is 0 Å². The first-order valence-electron chi connectivity index (χ1n) is 10.7. The number of benzene rings is 2. The van der Waals surface area contributed by atoms with Gasteiger partial charge in [-0.2, -0.15) is 0 Å². The maximum atomic E-state index is 12.8. The van der Waals surface area contributed by atoms with Crippen molar-refractivity contribution in [1.82, 2.24) is 10.2 Å². The van der Waals surface area contributed by atoms with Crippen LogP contribution in [0.25, 0.3) is 11.1 Å². The number of amides is 4. The molecule has 1 unspecified atom stereocenters. The van der Waals surface area contributed by atoms with E-state index >= 15 is 0 Å². The Labute approximate surface area is 186 Å². The zero-order chi connectivity index (χ0) is 21.8. The Hall–Kier alpha value is -2.86. The zero-order valence-electron chi connectivity index (χ0n) is 17.4. The standard InChI is InChI=1S/C24H24ClN3O3/c1-27-14-13-24(11-12-24)28(23(27)31)16-7-5-15(6-8-16)17-3-2-4-18(21(17)25)19-9-10-20(29)26-22(19)30/h2-8,19H,9-14H2,1H3,(H,26,29,30). The number of nitrogens with one attached hydrogen (secondary N) is 1. The highest BCUT2D eigenvalue weighted by Gasteiger charge is 2.53. The largest absolute Gasteiger partial charge is 0.327 e. The Morgan fingerprint density at radius 1 is 1.03 bits per heavy atom. The third-order valence-corrected chi connectivity index (χ3v) is 7.23. The van der Waals surface area contributed by atoms with E-state index in [0.717, 1.165) is 48.2 Å². The lowest BCUT2D eigenvalue weighted by molar-refractivity contribution is -0.134. The minimum absolute atomic E-state index is 0.0194. The van der Waals surface area contributed by atoms with Crippen molar-refractivity contribution in [3.63, 3.8) is 0 Å². The van der Waals surface area contributed by atoms with Crippen LogP contribution < -0.4 is 10.2 Å². The van der Waals surface area contributed by atoms with Gasteiger partial charge in [-0.25, -0.2) is 4.79 Å². The lowest BCUT2D eigenvalue weighted by Crippen LogP contribution is -2.54. The van der Waals surface area contributed by atoms with E-state index in [9.17, 15) is 14.4 Å². The number of carbonyl (C=O) groups is 3. The monoisotopic (exact) mass is 437 g/mol. The second-order valence-corrected chi connectivity index (χ2v) is 9.15. The average Bonchev–Trinajstić information content (AvgIpc) is 3.53. The topological polar surface area (TPSA) is 69.7 Å². The highest BCUT2D eigenvalue weighted by molar-refractivity contribution is 6.34. The highest BCUT2D eigenvalue weighted by Crippen LogP contribution is 2.49. The molecule has 0 aromatic heterocycles. The summed E-state index contributed by atoms with van der Waals surface area (Å²) >= 11 is 6.73. The van der Waals surface area contributed by atoms with Crippen molar-refractivity contribution in [3.8, 4) is 11.1 Å². The fourth-order valence-corrected chi connectivity index (χ4v) is 5.15. The van der Waals surface area contributed by atoms with Crippen LogP contribution in [0.15, 0.2) is 42.5 Å². The first-order valence-corrected chi connectivity index (χ1v) is 11.1. The number of urea groups is 1. The summed E-state index contributed by atoms with van der Waals surface area (Å²) < 4.78 is 0. The summed E-state index contributed by atoms with van der Waals surface area (Å²) in [4.78, 5) is 40.4. The molecular formula is C24H24ClN3O3. The van der Waals surface area contributed by atoms with Crippen molar-refractivity contribution in [1.29, 1.82) is 0 Å². The van der Waals surface area contributed by atoms with Crippen molar-refractivity contribution in [2.24, 2.45) is 0 Å². The number of nitrogens with zero attached hydrogens (tertiary/aromatic N) is 2. The number of carbonyl (C=O) groups excluding carboxylic acids is 3. The van der Waals surface area contributed by atoms with E-state index in [1.54, 1.807) is 4.90 Å². The van der Waals surface area contributed by atoms with Gasteiger partial charge in [0, 0.05) is 31.3 Å². The first kappa shape index (κ1) is 20.1. The summed E-state index contributed by atoms with van der Waals surface area (Å²) in [5.74, 6) is -0.968. The van der Waals surface area contributed by atoms with E-state index in [1.807, 2.05) is 54.4 Å². The van der Waals surface area contributed by atoms with Gasteiger partial charge in [-0.1, -0.05) is 41.9 Å². The molecule has 1 spiro atoms. The fraction of sp³-hybridized carbons (Fsp3) is 0.375. The van der Waals surface area contributed by atoms with E-state index in [0.29, 0.717) is 17.9 Å². The van der Waals surface area contributed by atoms with Gasteiger partial charge in [-0.05, 0) is 48.9 Å². The highest BCUT2D eigenvalue weighted by atomic mass is 35.5. The molecule has 2 saturated heterocycles. The smallest absolute Gasteiger partial charge is 0.324 e. The summed E-state index contributed by atoms with van der Waals surface area (Å²) in [7, 11) is 1.85. The van der Waals surface area contributed by atoms with Gasteiger partial charge in [0.2, 0.25) is 11.8 Å². The fourth-order valence-electron chi connectivity index (χ4n) is 4.78. The molecule has 2 aliphatic heterocycles. The van der Waals surface area contributed by atoms with Crippen LogP contribution in [0.5, 0.6) is 0 Å². The second kappa shape index (κ2) is 7.38. The minimum atomic E-state index is -0.430. The summed E-state index contributed by atoms with van der Waals surface area (Å²) in [5.41, 5.74) is 3.37. The van der Waals surface area contributed by atoms with Gasteiger partial charge in [0.05, 0.1) is 16.5 Å². The normalized spacial score (nSPS) is 22.6. The summed E-state index contributed by atoms with van der Waals surface area (Å²) in [6.45, 7) is 0.802. The third kappa shape index (κ3) is 3.39. The number of hydrogen-bond acceptors (Lipinski definition) is 3. The number of rotatable bonds is 3. The summed E-state index contributed by atoms with van der Waals surface area (Å²) in [6, 6.07) is 13.6. The van der Waals surface area contributed by atoms with E-state index < -0.39 is 5.92 Å². The Balaban J connectivity index is 1.45. The lowest BCUT2D eigenvalue weighted by Gasteiger charge is -2.40. The molecule has 7 heteroatoms. The molecule has 0 bridgehead atoms. The average molecular weight is 438 g/mol. The summed E-state index contributed by atoms with van der Waals surface area (Å²) in [6.07, 6.45) is 3.87. The van der Waals surface area contributed by atoms with Crippen LogP contribution in [0.1, 0.15) is 43.6 Å². The van der Waals surface area contributed by atoms with Crippen molar-refractivity contribution in [2.45, 2.75) is 43.6 Å². The maximum absolute atomic E-state index is 12.8. The molecule has 1 atom stereocenters. The Morgan fingerprint density at radius 2 is 1.77 bits per heavy atom. The molecule has 1 saturated carbocycles. The minimum Gasteiger partial charge on any atom is -0.327 e. The first-order chi connectivity index (χ1) is 14.9. The molecule has 3 fully saturated rings. The van der Waals surface area contributed by atoms with Gasteiger partial charge in [0.25, 0.3) is 0 Å². The molecular weight excluding hydrogens is 414 g/mol. The molecule has 1 aliphatic carbocycles. The van der Waals surface area contributed by atoms with Crippen molar-refractivity contribution < 1.29 is 14.4 Å². The van der Waals surface area contributed by atoms with Gasteiger partial charge in [0.15, 0.2) is 0 Å². The van der Waals surface area contributed by atoms with Crippen LogP contribution in [-0.4, -0.2) is 41.9 Å². The molecule has 3 aliphatic rings. The molecule has 5 rings (SSSR count). The van der Waals surface area contributed by atoms with Crippen LogP contribution in [0.4, 0.5) is 10.5 Å². The Kier molecular flexibility index (Phi) is 4.77. The van der Waals surface area contributed by atoms with Crippen molar-refractivity contribution >= 4 is 35.1 Å². The predicted octanol–water partition coefficient (Wildman–Crippen LogP) is 4.32. The third-order valence-electron chi connectivity index (χ3n) is 6.81. The molecule has 2 aromatic rings. The molecule has 2 heterocycles. The van der Waals surface area contributed by atoms with E-state index in [2.05, 4.69) is 5.32 Å². The quantitative estimate of drug-likeness (QED) is 0.727. The van der Waals surface area contributed by atoms with Crippen LogP contribution in [-0.2, 0) is 9.59 Å². The maximum Gasteiger partial charge on any atom is 0.324 e. The zero-order valence-corrected chi connectivity index (χ0v) is 18.1. The SMILES string of the molecule is CN1CCC2(CC2)N(c2ccc(-c3cccc(C4CCC(=O)NC4=O)c3Cl)cc2)C1=O. The van der Waals surface area contributed by atoms with Crippen LogP contribution in [0.3, 0.4) is 0 Å². The molecule has 31 heavy (non-hydrogen) atoms. The number of hydrogen-bond donors (Lipinski definition) is 1. The van der Waals surface area contributed by atoms with Gasteiger partial charge in [0.1, 0.15) is 0 Å². The lowest BCUT2D eigenvalue weighted by atomic mass is 9.88. The Bertz CT molecular complexity index is 1080. The molecule has 1 N–H and O–H groups in total. The van der Waals surface area contributed by atoms with Crippen LogP contribution in [0.2, 0.25) is 5.02 Å². The van der Waals surface area contributed by atoms with Gasteiger partial charge < -0.3 is 4.90 Å². The number of halogens is 1. The van der Waals surface area contributed by atoms with E-state index in [4.69, 9.17) is 11.6 Å². The van der Waals surface area contributed by atoms with Crippen LogP contribution in [0, 0.1) is 0 Å². The van der Waals surface area contributed by atoms with E-state index in [1.165, 1.54) is 0 Å². The molecule has 6 nitrogen and oxygen atoms in total. The molecule has 2 aromatic carbocycles. The van der Waals surface area contributed by atoms with Crippen molar-refractivity contribution in [3.05, 3.63) is 53.1 Å². The van der Waals surface area contributed by atoms with Gasteiger partial charge >= 0.3 is 6.03 Å². The molecule has 0 radical (unpaired) electrons. The van der Waals surface area contributed by atoms with Crippen molar-refractivity contribution in [2.75, 3.05) is 18.5 Å².